The second kappa shape index (κ2) is 6.55. The van der Waals surface area contributed by atoms with Crippen molar-refractivity contribution >= 4 is 17.1 Å². The van der Waals surface area contributed by atoms with E-state index in [1.165, 1.54) is 16.7 Å². The van der Waals surface area contributed by atoms with Crippen molar-refractivity contribution in [3.8, 4) is 0 Å². The topological polar surface area (TPSA) is 29.1 Å². The summed E-state index contributed by atoms with van der Waals surface area (Å²) in [6.45, 7) is 2.12. The third-order valence-electron chi connectivity index (χ3n) is 6.48. The molecular formula is C29H21NO. The van der Waals surface area contributed by atoms with Crippen LogP contribution in [0.3, 0.4) is 0 Å². The second-order valence-electron chi connectivity index (χ2n) is 8.28. The Labute approximate surface area is 181 Å². The van der Waals surface area contributed by atoms with Crippen molar-refractivity contribution in [1.82, 2.24) is 5.32 Å². The minimum Gasteiger partial charge on any atom is -0.334 e. The van der Waals surface area contributed by atoms with Crippen LogP contribution in [0.25, 0.3) is 11.1 Å². The number of hydrogen-bond donors (Lipinski definition) is 1. The highest BCUT2D eigenvalue weighted by molar-refractivity contribution is 6.14. The Morgan fingerprint density at radius 1 is 0.645 bits per heavy atom. The van der Waals surface area contributed by atoms with Crippen LogP contribution in [0.1, 0.15) is 43.7 Å². The molecule has 1 amide bonds. The van der Waals surface area contributed by atoms with Crippen molar-refractivity contribution in [2.45, 2.75) is 12.5 Å². The van der Waals surface area contributed by atoms with E-state index in [4.69, 9.17) is 0 Å². The summed E-state index contributed by atoms with van der Waals surface area (Å²) in [4.78, 5) is 13.2. The van der Waals surface area contributed by atoms with Gasteiger partial charge in [-0.1, -0.05) is 103 Å². The first-order valence-corrected chi connectivity index (χ1v) is 10.6. The van der Waals surface area contributed by atoms with Crippen LogP contribution in [-0.2, 0) is 5.54 Å². The third-order valence-corrected chi connectivity index (χ3v) is 6.48. The highest BCUT2D eigenvalue weighted by Gasteiger charge is 2.53. The third kappa shape index (κ3) is 2.42. The van der Waals surface area contributed by atoms with E-state index in [1.54, 1.807) is 0 Å². The highest BCUT2D eigenvalue weighted by atomic mass is 16.2. The molecule has 0 saturated heterocycles. The summed E-state index contributed by atoms with van der Waals surface area (Å²) in [6, 6.07) is 35.5. The Morgan fingerprint density at radius 2 is 1.26 bits per heavy atom. The molecule has 4 aromatic rings. The van der Waals surface area contributed by atoms with Crippen LogP contribution >= 0.6 is 0 Å². The van der Waals surface area contributed by atoms with Crippen LogP contribution in [0.5, 0.6) is 0 Å². The molecule has 2 aliphatic rings. The van der Waals surface area contributed by atoms with E-state index in [2.05, 4.69) is 85.0 Å². The molecule has 1 N–H and O–H groups in total. The summed E-state index contributed by atoms with van der Waals surface area (Å²) in [7, 11) is 0. The Morgan fingerprint density at radius 3 is 2.00 bits per heavy atom. The largest absolute Gasteiger partial charge is 0.334 e. The van der Waals surface area contributed by atoms with Crippen molar-refractivity contribution < 1.29 is 4.79 Å². The number of benzene rings is 4. The molecule has 0 bridgehead atoms. The van der Waals surface area contributed by atoms with E-state index in [9.17, 15) is 4.79 Å². The number of carbonyl (C=O) groups is 1. The molecule has 1 spiro atoms. The molecule has 0 radical (unpaired) electrons. The Hall–Kier alpha value is -3.91. The number of rotatable bonds is 2. The number of fused-ring (bicyclic) bond motifs is 4. The van der Waals surface area contributed by atoms with Gasteiger partial charge in [0.15, 0.2) is 0 Å². The molecule has 2 heteroatoms. The molecule has 1 heterocycles. The average molecular weight is 399 g/mol. The first-order valence-electron chi connectivity index (χ1n) is 10.6. The Balaban J connectivity index is 1.81. The zero-order valence-corrected chi connectivity index (χ0v) is 17.2. The predicted octanol–water partition coefficient (Wildman–Crippen LogP) is 5.95. The molecule has 0 aromatic heterocycles. The molecule has 0 saturated carbocycles. The maximum atomic E-state index is 13.2. The normalized spacial score (nSPS) is 18.8. The van der Waals surface area contributed by atoms with E-state index in [0.29, 0.717) is 0 Å². The molecule has 148 valence electrons. The van der Waals surface area contributed by atoms with Crippen molar-refractivity contribution in [2.75, 3.05) is 0 Å². The lowest BCUT2D eigenvalue weighted by atomic mass is 9.77. The maximum absolute atomic E-state index is 13.2. The fourth-order valence-electron chi connectivity index (χ4n) is 5.24. The average Bonchev–Trinajstić information content (AvgIpc) is 3.27. The summed E-state index contributed by atoms with van der Waals surface area (Å²) in [5.41, 5.74) is 9.18. The zero-order valence-electron chi connectivity index (χ0n) is 17.2. The van der Waals surface area contributed by atoms with Crippen LogP contribution in [0, 0.1) is 6.92 Å². The summed E-state index contributed by atoms with van der Waals surface area (Å²) in [6.07, 6.45) is 0. The van der Waals surface area contributed by atoms with Crippen molar-refractivity contribution in [3.05, 3.63) is 142 Å². The van der Waals surface area contributed by atoms with Crippen LogP contribution in [0.2, 0.25) is 0 Å². The smallest absolute Gasteiger partial charge is 0.252 e. The molecule has 1 aliphatic heterocycles. The molecule has 1 aliphatic carbocycles. The molecule has 31 heavy (non-hydrogen) atoms. The lowest BCUT2D eigenvalue weighted by Crippen LogP contribution is -2.40. The summed E-state index contributed by atoms with van der Waals surface area (Å²) in [5.74, 6) is -0.0233. The quantitative estimate of drug-likeness (QED) is 0.443. The molecule has 1 unspecified atom stereocenters. The van der Waals surface area contributed by atoms with Gasteiger partial charge in [-0.15, -0.1) is 0 Å². The minimum absolute atomic E-state index is 0.0233. The first-order chi connectivity index (χ1) is 15.2. The number of nitrogens with one attached hydrogen (secondary N) is 1. The van der Waals surface area contributed by atoms with Gasteiger partial charge in [-0.2, -0.15) is 0 Å². The van der Waals surface area contributed by atoms with Crippen molar-refractivity contribution in [2.24, 2.45) is 0 Å². The standard InChI is InChI=1S/C29H21NO/c1-19-16-17-25-23(18-19)26(20-10-4-2-5-11-20)27(21-12-6-3-7-13-21)29(25)24-15-9-8-14-22(24)28(31)30-29/h2-18H,1H3,(H,30,31). The highest BCUT2D eigenvalue weighted by Crippen LogP contribution is 2.57. The van der Waals surface area contributed by atoms with Gasteiger partial charge < -0.3 is 5.32 Å². The lowest BCUT2D eigenvalue weighted by Gasteiger charge is -2.31. The monoisotopic (exact) mass is 399 g/mol. The van der Waals surface area contributed by atoms with Gasteiger partial charge in [0.1, 0.15) is 5.54 Å². The summed E-state index contributed by atoms with van der Waals surface area (Å²) < 4.78 is 0. The van der Waals surface area contributed by atoms with Gasteiger partial charge in [0, 0.05) is 11.1 Å². The number of aryl methyl sites for hydroxylation is 1. The SMILES string of the molecule is Cc1ccc2c(c1)C(c1ccccc1)=C(c1ccccc1)C21NC(=O)c2ccccc21. The number of amides is 1. The second-order valence-corrected chi connectivity index (χ2v) is 8.28. The molecule has 6 rings (SSSR count). The predicted molar refractivity (Wildman–Crippen MR) is 125 cm³/mol. The van der Waals surface area contributed by atoms with Crippen LogP contribution in [0.15, 0.2) is 103 Å². The van der Waals surface area contributed by atoms with Crippen molar-refractivity contribution in [3.63, 3.8) is 0 Å². The van der Waals surface area contributed by atoms with Gasteiger partial charge in [0.05, 0.1) is 0 Å². The Bertz CT molecular complexity index is 1370. The van der Waals surface area contributed by atoms with Gasteiger partial charge in [-0.3, -0.25) is 4.79 Å². The van der Waals surface area contributed by atoms with E-state index in [-0.39, 0.29) is 5.91 Å². The Kier molecular flexibility index (Phi) is 3.78. The van der Waals surface area contributed by atoms with Gasteiger partial charge in [-0.25, -0.2) is 0 Å². The maximum Gasteiger partial charge on any atom is 0.252 e. The molecule has 4 aromatic carbocycles. The van der Waals surface area contributed by atoms with Gasteiger partial charge in [-0.05, 0) is 46.4 Å². The van der Waals surface area contributed by atoms with E-state index in [1.807, 2.05) is 30.3 Å². The fourth-order valence-corrected chi connectivity index (χ4v) is 5.24. The van der Waals surface area contributed by atoms with E-state index < -0.39 is 5.54 Å². The van der Waals surface area contributed by atoms with Crippen molar-refractivity contribution in [1.29, 1.82) is 0 Å². The van der Waals surface area contributed by atoms with Crippen LogP contribution < -0.4 is 5.32 Å². The van der Waals surface area contributed by atoms with E-state index in [0.717, 1.165) is 33.4 Å². The van der Waals surface area contributed by atoms with Crippen LogP contribution in [-0.4, -0.2) is 5.91 Å². The first kappa shape index (κ1) is 17.9. The molecule has 1 atom stereocenters. The lowest BCUT2D eigenvalue weighted by molar-refractivity contribution is 0.0952. The molecule has 2 nitrogen and oxygen atoms in total. The van der Waals surface area contributed by atoms with Gasteiger partial charge in [0.2, 0.25) is 0 Å². The van der Waals surface area contributed by atoms with Gasteiger partial charge in [0.25, 0.3) is 5.91 Å². The zero-order chi connectivity index (χ0) is 21.0. The van der Waals surface area contributed by atoms with Gasteiger partial charge >= 0.3 is 0 Å². The number of carbonyl (C=O) groups excluding carboxylic acids is 1. The molecular weight excluding hydrogens is 378 g/mol. The number of hydrogen-bond acceptors (Lipinski definition) is 1. The summed E-state index contributed by atoms with van der Waals surface area (Å²) >= 11 is 0. The van der Waals surface area contributed by atoms with E-state index >= 15 is 0 Å². The van der Waals surface area contributed by atoms with Crippen LogP contribution in [0.4, 0.5) is 0 Å². The molecule has 0 fully saturated rings. The summed E-state index contributed by atoms with van der Waals surface area (Å²) in [5, 5.41) is 3.42. The fraction of sp³-hybridized carbons (Fsp3) is 0.0690. The minimum atomic E-state index is -0.705.